The van der Waals surface area contributed by atoms with Crippen molar-refractivity contribution < 1.29 is 23.1 Å². The topological polar surface area (TPSA) is 83.6 Å². The fourth-order valence-electron chi connectivity index (χ4n) is 4.10. The molecule has 1 unspecified atom stereocenters. The number of allylic oxidation sites excluding steroid dienone is 3. The van der Waals surface area contributed by atoms with Crippen LogP contribution in [-0.4, -0.2) is 41.7 Å². The van der Waals surface area contributed by atoms with Crippen LogP contribution in [0.3, 0.4) is 0 Å². The first-order valence-corrected chi connectivity index (χ1v) is 13.7. The van der Waals surface area contributed by atoms with Gasteiger partial charge in [0, 0.05) is 49.6 Å². The third-order valence-electron chi connectivity index (χ3n) is 5.81. The fourth-order valence-corrected chi connectivity index (χ4v) is 4.23. The average molecular weight is 561 g/mol. The van der Waals surface area contributed by atoms with Crippen molar-refractivity contribution in [3.8, 4) is 5.75 Å². The van der Waals surface area contributed by atoms with E-state index < -0.39 is 5.85 Å². The van der Waals surface area contributed by atoms with E-state index in [4.69, 9.17) is 0 Å². The number of nitrogens with zero attached hydrogens (tertiary/aromatic N) is 2. The Labute approximate surface area is 232 Å². The van der Waals surface area contributed by atoms with E-state index in [1.165, 1.54) is 39.9 Å². The van der Waals surface area contributed by atoms with E-state index in [0.717, 1.165) is 43.6 Å². The second kappa shape index (κ2) is 15.3. The molecule has 0 saturated carbocycles. The van der Waals surface area contributed by atoms with Crippen LogP contribution in [0.5, 0.6) is 5.75 Å². The van der Waals surface area contributed by atoms with Crippen molar-refractivity contribution in [3.05, 3.63) is 60.8 Å². The minimum atomic E-state index is -3.31. The van der Waals surface area contributed by atoms with Gasteiger partial charge in [-0.3, -0.25) is 9.59 Å². The average Bonchev–Trinajstić information content (AvgIpc) is 2.85. The Bertz CT molecular complexity index is 1140. The number of halogens is 2. The molecule has 39 heavy (non-hydrogen) atoms. The number of amides is 1. The summed E-state index contributed by atoms with van der Waals surface area (Å²) in [4.78, 5) is 28.4. The molecule has 1 aliphatic heterocycles. The van der Waals surface area contributed by atoms with Crippen molar-refractivity contribution in [3.63, 3.8) is 0 Å². The molecular weight excluding hydrogens is 521 g/mol. The van der Waals surface area contributed by atoms with Crippen molar-refractivity contribution in [1.82, 2.24) is 10.3 Å². The lowest BCUT2D eigenvalue weighted by atomic mass is 9.97. The summed E-state index contributed by atoms with van der Waals surface area (Å²) < 4.78 is 30.7. The lowest BCUT2D eigenvalue weighted by molar-refractivity contribution is -0.119. The summed E-state index contributed by atoms with van der Waals surface area (Å²) in [6.45, 7) is 12.5. The Morgan fingerprint density at radius 1 is 1.21 bits per heavy atom. The smallest absolute Gasteiger partial charge is 0.408 e. The number of benzene rings is 1. The molecule has 0 spiro atoms. The zero-order valence-corrected chi connectivity index (χ0v) is 24.3. The van der Waals surface area contributed by atoms with Crippen molar-refractivity contribution in [2.24, 2.45) is 0 Å². The molecule has 2 aromatic rings. The minimum absolute atomic E-state index is 0.0288. The summed E-state index contributed by atoms with van der Waals surface area (Å²) in [6.07, 6.45) is 8.59. The molecule has 10 heteroatoms. The molecule has 1 aromatic carbocycles. The third-order valence-corrected chi connectivity index (χ3v) is 5.92. The molecule has 7 nitrogen and oxygen atoms in total. The van der Waals surface area contributed by atoms with Gasteiger partial charge in [0.25, 0.3) is 0 Å². The number of pyridine rings is 1. The quantitative estimate of drug-likeness (QED) is 0.222. The molecule has 1 saturated heterocycles. The van der Waals surface area contributed by atoms with Gasteiger partial charge in [-0.15, -0.1) is 0 Å². The molecule has 1 fully saturated rings. The van der Waals surface area contributed by atoms with Crippen LogP contribution in [-0.2, 0) is 9.59 Å². The third kappa shape index (κ3) is 10.4. The van der Waals surface area contributed by atoms with Gasteiger partial charge in [0.2, 0.25) is 5.91 Å². The van der Waals surface area contributed by atoms with Gasteiger partial charge >= 0.3 is 5.85 Å². The fraction of sp³-hybridized carbons (Fsp3) is 0.414. The van der Waals surface area contributed by atoms with E-state index in [0.29, 0.717) is 17.9 Å². The van der Waals surface area contributed by atoms with E-state index in [9.17, 15) is 18.4 Å². The van der Waals surface area contributed by atoms with Gasteiger partial charge in [-0.05, 0) is 70.5 Å². The normalized spacial score (nSPS) is 13.5. The number of anilines is 3. The van der Waals surface area contributed by atoms with E-state index >= 15 is 0 Å². The van der Waals surface area contributed by atoms with Crippen LogP contribution in [0.4, 0.5) is 26.0 Å². The lowest BCUT2D eigenvalue weighted by Gasteiger charge is -2.42. The number of rotatable bonds is 12. The predicted molar refractivity (Wildman–Crippen MR) is 158 cm³/mol. The second-order valence-corrected chi connectivity index (χ2v) is 9.75. The first kappa shape index (κ1) is 31.9. The number of carbonyl (C=O) groups excluding carboxylic acids is 2. The Balaban J connectivity index is 0.000000673. The van der Waals surface area contributed by atoms with Gasteiger partial charge in [-0.1, -0.05) is 33.4 Å². The Morgan fingerprint density at radius 2 is 1.87 bits per heavy atom. The molecule has 2 heterocycles. The summed E-state index contributed by atoms with van der Waals surface area (Å²) in [5.41, 5.74) is 3.94. The van der Waals surface area contributed by atoms with Crippen LogP contribution in [0.15, 0.2) is 55.3 Å². The number of hydrogen-bond donors (Lipinski definition) is 2. The summed E-state index contributed by atoms with van der Waals surface area (Å²) in [5.74, 6) is -2.44. The highest BCUT2D eigenvalue weighted by Crippen LogP contribution is 2.38. The van der Waals surface area contributed by atoms with Gasteiger partial charge in [0.1, 0.15) is 11.6 Å². The number of nitrogens with one attached hydrogen (secondary N) is 2. The molecule has 0 radical (unpaired) electrons. The minimum Gasteiger partial charge on any atom is -0.430 e. The molecule has 1 atom stereocenters. The van der Waals surface area contributed by atoms with E-state index in [2.05, 4.69) is 51.8 Å². The van der Waals surface area contributed by atoms with Crippen LogP contribution in [0.25, 0.3) is 5.57 Å². The van der Waals surface area contributed by atoms with Gasteiger partial charge in [0.15, 0.2) is 5.78 Å². The summed E-state index contributed by atoms with van der Waals surface area (Å²) in [6, 6.07) is 8.44. The van der Waals surface area contributed by atoms with Crippen molar-refractivity contribution in [1.29, 1.82) is 0 Å². The van der Waals surface area contributed by atoms with Crippen molar-refractivity contribution in [2.45, 2.75) is 65.3 Å². The summed E-state index contributed by atoms with van der Waals surface area (Å²) in [5, 5.41) is 6.28. The summed E-state index contributed by atoms with van der Waals surface area (Å²) >= 11 is 0. The number of hydrogen-bond acceptors (Lipinski definition) is 6. The molecule has 1 aliphatic rings. The lowest BCUT2D eigenvalue weighted by Crippen LogP contribution is -2.59. The van der Waals surface area contributed by atoms with Gasteiger partial charge in [0.05, 0.1) is 6.04 Å². The number of aromatic nitrogens is 1. The van der Waals surface area contributed by atoms with E-state index in [-0.39, 0.29) is 23.5 Å². The monoisotopic (exact) mass is 560 g/mol. The zero-order chi connectivity index (χ0) is 29.0. The molecule has 2 N–H and O–H groups in total. The highest BCUT2D eigenvalue weighted by Gasteiger charge is 2.30. The van der Waals surface area contributed by atoms with Gasteiger partial charge in [-0.2, -0.15) is 8.78 Å². The number of carbonyl (C=O) groups is 2. The maximum absolute atomic E-state index is 13.0. The first-order valence-electron chi connectivity index (χ1n) is 13.1. The Morgan fingerprint density at radius 3 is 2.36 bits per heavy atom. The van der Waals surface area contributed by atoms with Crippen LogP contribution in [0, 0.1) is 0 Å². The van der Waals surface area contributed by atoms with Crippen molar-refractivity contribution in [2.75, 3.05) is 23.3 Å². The van der Waals surface area contributed by atoms with Crippen LogP contribution < -0.4 is 20.3 Å². The van der Waals surface area contributed by atoms with Crippen LogP contribution >= 0.6 is 9.24 Å². The van der Waals surface area contributed by atoms with Gasteiger partial charge in [-0.25, -0.2) is 4.98 Å². The molecule has 0 aliphatic carbocycles. The van der Waals surface area contributed by atoms with Crippen LogP contribution in [0.2, 0.25) is 0 Å². The van der Waals surface area contributed by atoms with Crippen LogP contribution in [0.1, 0.15) is 58.9 Å². The number of alkyl halides is 2. The molecule has 212 valence electrons. The number of ketones is 1. The van der Waals surface area contributed by atoms with E-state index in [1.807, 2.05) is 13.0 Å². The maximum Gasteiger partial charge on any atom is 0.408 e. The predicted octanol–water partition coefficient (Wildman–Crippen LogP) is 6.70. The highest BCUT2D eigenvalue weighted by molar-refractivity contribution is 7.17. The molecule has 1 aromatic heterocycles. The molecule has 0 bridgehead atoms. The summed E-state index contributed by atoms with van der Waals surface area (Å²) in [7, 11) is 1.36. The zero-order valence-electron chi connectivity index (χ0n) is 23.1. The van der Waals surface area contributed by atoms with Gasteiger partial charge < -0.3 is 20.3 Å². The standard InChI is InChI=1S/C23H29F2N4O2P.C6H10O/c1-4-6-16(5-2)21-20(29-13-18(14-29)27-15(3)30)11-12-26-22(21)28-17-7-9-19(10-8-17)31-23(24,25)32;1-3-5-6(7)4-2/h6-12,18H,4-5,13-14,32H2,1-3H3,(H,26,28)(H,27,30);4H,2-3,5H2,1H3/b16-6+;. The second-order valence-electron chi connectivity index (χ2n) is 9.08. The highest BCUT2D eigenvalue weighted by atomic mass is 31.0. The Hall–Kier alpha value is -3.32. The first-order chi connectivity index (χ1) is 18.5. The van der Waals surface area contributed by atoms with Crippen molar-refractivity contribution >= 4 is 43.7 Å². The Kier molecular flexibility index (Phi) is 12.5. The molecule has 1 amide bonds. The maximum atomic E-state index is 13.0. The largest absolute Gasteiger partial charge is 0.430 e. The molecular formula is C29H39F2N4O3P. The SMILES string of the molecule is C=CC(=O)CCC.CC/C=C(\CC)c1c(N2CC(NC(C)=O)C2)ccnc1Nc1ccc(OC(F)(F)P)cc1. The molecule has 3 rings (SSSR count). The van der Waals surface area contributed by atoms with E-state index in [1.54, 1.807) is 18.3 Å². The number of ether oxygens (including phenoxy) is 1.